The van der Waals surface area contributed by atoms with Gasteiger partial charge < -0.3 is 15.4 Å². The number of rotatable bonds is 3. The summed E-state index contributed by atoms with van der Waals surface area (Å²) in [5, 5.41) is 0. The molecule has 3 nitrogen and oxygen atoms in total. The van der Waals surface area contributed by atoms with Crippen LogP contribution in [0.25, 0.3) is 0 Å². The van der Waals surface area contributed by atoms with Crippen molar-refractivity contribution in [1.29, 1.82) is 0 Å². The summed E-state index contributed by atoms with van der Waals surface area (Å²) >= 11 is 0. The quantitative estimate of drug-likeness (QED) is 0.846. The van der Waals surface area contributed by atoms with Gasteiger partial charge in [-0.05, 0) is 50.2 Å². The molecule has 2 N–H and O–H groups in total. The van der Waals surface area contributed by atoms with Crippen molar-refractivity contribution in [2.45, 2.75) is 51.9 Å². The van der Waals surface area contributed by atoms with Gasteiger partial charge in [0.25, 0.3) is 0 Å². The van der Waals surface area contributed by atoms with E-state index in [-0.39, 0.29) is 0 Å². The average molecular weight is 288 g/mol. The van der Waals surface area contributed by atoms with Crippen LogP contribution in [0.1, 0.15) is 51.9 Å². The molecule has 1 aliphatic carbocycles. The molecule has 1 heterocycles. The molecule has 1 aliphatic heterocycles. The van der Waals surface area contributed by atoms with E-state index in [0.717, 1.165) is 30.2 Å². The topological polar surface area (TPSA) is 38.5 Å². The Balaban J connectivity index is 1.70. The van der Waals surface area contributed by atoms with Crippen LogP contribution in [0.4, 0.5) is 11.4 Å². The zero-order chi connectivity index (χ0) is 14.7. The number of piperidine rings is 1. The molecule has 21 heavy (non-hydrogen) atoms. The van der Waals surface area contributed by atoms with Gasteiger partial charge in [-0.3, -0.25) is 0 Å². The third-order valence-corrected chi connectivity index (χ3v) is 5.42. The van der Waals surface area contributed by atoms with Crippen molar-refractivity contribution in [3.05, 3.63) is 18.2 Å². The molecule has 0 aromatic heterocycles. The maximum atomic E-state index is 6.30. The SMILES string of the molecule is CCOc1cccc(N2CCC3(CCCCC3)CC2)c1N. The smallest absolute Gasteiger partial charge is 0.144 e. The van der Waals surface area contributed by atoms with E-state index in [9.17, 15) is 0 Å². The molecule has 3 rings (SSSR count). The highest BCUT2D eigenvalue weighted by Gasteiger charge is 2.35. The standard InChI is InChI=1S/C18H28N2O/c1-2-21-16-8-6-7-15(17(16)19)20-13-11-18(12-14-20)9-4-3-5-10-18/h6-8H,2-5,9-14,19H2,1H3. The van der Waals surface area contributed by atoms with Crippen LogP contribution in [-0.2, 0) is 0 Å². The molecular weight excluding hydrogens is 260 g/mol. The second kappa shape index (κ2) is 6.17. The van der Waals surface area contributed by atoms with Crippen LogP contribution in [0.15, 0.2) is 18.2 Å². The van der Waals surface area contributed by atoms with E-state index in [1.165, 1.54) is 44.9 Å². The molecule has 1 saturated heterocycles. The van der Waals surface area contributed by atoms with Crippen LogP contribution < -0.4 is 15.4 Å². The van der Waals surface area contributed by atoms with E-state index in [2.05, 4.69) is 17.0 Å². The number of para-hydroxylation sites is 1. The van der Waals surface area contributed by atoms with Gasteiger partial charge in [-0.25, -0.2) is 0 Å². The second-order valence-corrected chi connectivity index (χ2v) is 6.67. The van der Waals surface area contributed by atoms with Gasteiger partial charge in [0, 0.05) is 13.1 Å². The first-order valence-electron chi connectivity index (χ1n) is 8.50. The maximum Gasteiger partial charge on any atom is 0.144 e. The minimum atomic E-state index is 0.640. The van der Waals surface area contributed by atoms with Crippen molar-refractivity contribution in [2.24, 2.45) is 5.41 Å². The lowest BCUT2D eigenvalue weighted by molar-refractivity contribution is 0.144. The molecule has 116 valence electrons. The van der Waals surface area contributed by atoms with Gasteiger partial charge >= 0.3 is 0 Å². The number of nitrogens with two attached hydrogens (primary N) is 1. The number of nitrogen functional groups attached to an aromatic ring is 1. The first kappa shape index (κ1) is 14.6. The van der Waals surface area contributed by atoms with Crippen LogP contribution in [0.2, 0.25) is 0 Å². The zero-order valence-electron chi connectivity index (χ0n) is 13.2. The van der Waals surface area contributed by atoms with Crippen LogP contribution in [0, 0.1) is 5.41 Å². The van der Waals surface area contributed by atoms with Crippen LogP contribution in [0.5, 0.6) is 5.75 Å². The minimum absolute atomic E-state index is 0.640. The molecule has 2 fully saturated rings. The predicted molar refractivity (Wildman–Crippen MR) is 89.0 cm³/mol. The Kier molecular flexibility index (Phi) is 4.27. The molecule has 0 bridgehead atoms. The van der Waals surface area contributed by atoms with Crippen molar-refractivity contribution in [3.8, 4) is 5.75 Å². The summed E-state index contributed by atoms with van der Waals surface area (Å²) in [5.41, 5.74) is 8.91. The Morgan fingerprint density at radius 3 is 2.48 bits per heavy atom. The van der Waals surface area contributed by atoms with Gasteiger partial charge in [-0.1, -0.05) is 25.3 Å². The highest BCUT2D eigenvalue weighted by Crippen LogP contribution is 2.46. The van der Waals surface area contributed by atoms with E-state index in [4.69, 9.17) is 10.5 Å². The summed E-state index contributed by atoms with van der Waals surface area (Å²) in [5.74, 6) is 0.827. The van der Waals surface area contributed by atoms with Crippen molar-refractivity contribution >= 4 is 11.4 Å². The zero-order valence-corrected chi connectivity index (χ0v) is 13.2. The normalized spacial score (nSPS) is 21.5. The average Bonchev–Trinajstić information content (AvgIpc) is 2.52. The lowest BCUT2D eigenvalue weighted by Crippen LogP contribution is -2.41. The highest BCUT2D eigenvalue weighted by molar-refractivity contribution is 5.74. The van der Waals surface area contributed by atoms with Gasteiger partial charge in [0.15, 0.2) is 0 Å². The molecule has 0 atom stereocenters. The maximum absolute atomic E-state index is 6.30. The largest absolute Gasteiger partial charge is 0.492 e. The predicted octanol–water partition coefficient (Wildman–Crippen LogP) is 4.22. The summed E-state index contributed by atoms with van der Waals surface area (Å²) < 4.78 is 5.63. The molecular formula is C18H28N2O. The van der Waals surface area contributed by atoms with Crippen molar-refractivity contribution < 1.29 is 4.74 Å². The summed E-state index contributed by atoms with van der Waals surface area (Å²) in [6.45, 7) is 4.94. The Labute approximate surface area is 128 Å². The van der Waals surface area contributed by atoms with Crippen molar-refractivity contribution in [3.63, 3.8) is 0 Å². The lowest BCUT2D eigenvalue weighted by atomic mass is 9.68. The number of benzene rings is 1. The number of anilines is 2. The summed E-state index contributed by atoms with van der Waals surface area (Å²) in [6, 6.07) is 6.16. The Hall–Kier alpha value is -1.38. The molecule has 0 unspecified atom stereocenters. The second-order valence-electron chi connectivity index (χ2n) is 6.67. The molecule has 1 aromatic rings. The molecule has 1 aromatic carbocycles. The van der Waals surface area contributed by atoms with Gasteiger partial charge in [0.05, 0.1) is 18.0 Å². The van der Waals surface area contributed by atoms with Gasteiger partial charge in [0.2, 0.25) is 0 Å². The number of hydrogen-bond acceptors (Lipinski definition) is 3. The monoisotopic (exact) mass is 288 g/mol. The van der Waals surface area contributed by atoms with Gasteiger partial charge in [-0.15, -0.1) is 0 Å². The van der Waals surface area contributed by atoms with Crippen molar-refractivity contribution in [1.82, 2.24) is 0 Å². The van der Waals surface area contributed by atoms with E-state index < -0.39 is 0 Å². The van der Waals surface area contributed by atoms with E-state index in [0.29, 0.717) is 12.0 Å². The fourth-order valence-electron chi connectivity index (χ4n) is 4.11. The first-order chi connectivity index (χ1) is 10.2. The molecule has 0 amide bonds. The van der Waals surface area contributed by atoms with Gasteiger partial charge in [-0.2, -0.15) is 0 Å². The van der Waals surface area contributed by atoms with Crippen LogP contribution >= 0.6 is 0 Å². The molecule has 2 aliphatic rings. The summed E-state index contributed by atoms with van der Waals surface area (Å²) in [6.07, 6.45) is 9.83. The summed E-state index contributed by atoms with van der Waals surface area (Å²) in [7, 11) is 0. The lowest BCUT2D eigenvalue weighted by Gasteiger charge is -2.45. The Bertz CT molecular complexity index is 470. The number of ether oxygens (including phenoxy) is 1. The van der Waals surface area contributed by atoms with Crippen LogP contribution in [0.3, 0.4) is 0 Å². The first-order valence-corrected chi connectivity index (χ1v) is 8.50. The third-order valence-electron chi connectivity index (χ3n) is 5.42. The van der Waals surface area contributed by atoms with E-state index in [1.54, 1.807) is 0 Å². The molecule has 1 saturated carbocycles. The summed E-state index contributed by atoms with van der Waals surface area (Å²) in [4.78, 5) is 2.46. The van der Waals surface area contributed by atoms with E-state index in [1.807, 2.05) is 13.0 Å². The van der Waals surface area contributed by atoms with Crippen molar-refractivity contribution in [2.75, 3.05) is 30.3 Å². The minimum Gasteiger partial charge on any atom is -0.492 e. The molecule has 0 radical (unpaired) electrons. The molecule has 3 heteroatoms. The van der Waals surface area contributed by atoms with Crippen LogP contribution in [-0.4, -0.2) is 19.7 Å². The highest BCUT2D eigenvalue weighted by atomic mass is 16.5. The molecule has 1 spiro atoms. The van der Waals surface area contributed by atoms with Gasteiger partial charge in [0.1, 0.15) is 5.75 Å². The Morgan fingerprint density at radius 2 is 1.81 bits per heavy atom. The van der Waals surface area contributed by atoms with E-state index >= 15 is 0 Å². The fourth-order valence-corrected chi connectivity index (χ4v) is 4.11. The fraction of sp³-hybridized carbons (Fsp3) is 0.667. The number of nitrogens with zero attached hydrogens (tertiary/aromatic N) is 1. The number of hydrogen-bond donors (Lipinski definition) is 1. The third kappa shape index (κ3) is 2.97. The Morgan fingerprint density at radius 1 is 1.10 bits per heavy atom.